The Hall–Kier alpha value is -1.46. The Morgan fingerprint density at radius 3 is 2.38 bits per heavy atom. The molecule has 0 spiro atoms. The normalized spacial score (nSPS) is 12.1. The minimum absolute atomic E-state index is 0.119. The number of methoxy groups -OCH3 is 3. The Kier molecular flexibility index (Phi) is 6.78. The Balaban J connectivity index is 2.88. The van der Waals surface area contributed by atoms with Gasteiger partial charge in [0.05, 0.1) is 26.4 Å². The van der Waals surface area contributed by atoms with Gasteiger partial charge in [0.25, 0.3) is 0 Å². The number of halogens is 1. The minimum Gasteiger partial charge on any atom is -0.493 e. The summed E-state index contributed by atoms with van der Waals surface area (Å²) >= 11 is 6.16. The average Bonchev–Trinajstić information content (AvgIpc) is 2.45. The van der Waals surface area contributed by atoms with E-state index in [1.807, 2.05) is 19.9 Å². The molecule has 1 atom stereocenters. The van der Waals surface area contributed by atoms with Crippen LogP contribution in [0.4, 0.5) is 0 Å². The summed E-state index contributed by atoms with van der Waals surface area (Å²) in [6, 6.07) is 3.23. The van der Waals surface area contributed by atoms with Gasteiger partial charge < -0.3 is 19.5 Å². The highest BCUT2D eigenvalue weighted by atomic mass is 35.5. The molecule has 0 aromatic heterocycles. The monoisotopic (exact) mass is 315 g/mol. The lowest BCUT2D eigenvalue weighted by Gasteiger charge is -2.20. The Morgan fingerprint density at radius 2 is 1.90 bits per heavy atom. The van der Waals surface area contributed by atoms with Crippen molar-refractivity contribution in [2.24, 2.45) is 5.92 Å². The number of nitrogens with one attached hydrogen (secondary N) is 1. The van der Waals surface area contributed by atoms with Gasteiger partial charge in [-0.05, 0) is 23.6 Å². The van der Waals surface area contributed by atoms with Crippen molar-refractivity contribution in [2.45, 2.75) is 26.4 Å². The molecular weight excluding hydrogens is 294 g/mol. The first-order valence-corrected chi connectivity index (χ1v) is 7.04. The van der Waals surface area contributed by atoms with Gasteiger partial charge in [0.1, 0.15) is 6.04 Å². The van der Waals surface area contributed by atoms with Crippen molar-refractivity contribution >= 4 is 17.6 Å². The smallest absolute Gasteiger partial charge is 0.323 e. The van der Waals surface area contributed by atoms with Crippen molar-refractivity contribution in [3.63, 3.8) is 0 Å². The molecular formula is C15H22ClNO4. The van der Waals surface area contributed by atoms with Crippen molar-refractivity contribution in [1.29, 1.82) is 0 Å². The maximum atomic E-state index is 11.7. The van der Waals surface area contributed by atoms with Crippen LogP contribution in [-0.2, 0) is 16.1 Å². The third-order valence-electron chi connectivity index (χ3n) is 3.14. The molecule has 1 unspecified atom stereocenters. The molecule has 0 bridgehead atoms. The third kappa shape index (κ3) is 4.51. The van der Waals surface area contributed by atoms with Gasteiger partial charge in [-0.15, -0.1) is 0 Å². The highest BCUT2D eigenvalue weighted by Crippen LogP contribution is 2.36. The number of rotatable bonds is 7. The fourth-order valence-corrected chi connectivity index (χ4v) is 2.33. The molecule has 6 heteroatoms. The molecule has 1 rings (SSSR count). The summed E-state index contributed by atoms with van der Waals surface area (Å²) < 4.78 is 15.2. The predicted octanol–water partition coefficient (Wildman–Crippen LogP) is 2.64. The van der Waals surface area contributed by atoms with E-state index in [2.05, 4.69) is 5.32 Å². The van der Waals surface area contributed by atoms with Gasteiger partial charge in [-0.2, -0.15) is 0 Å². The lowest BCUT2D eigenvalue weighted by molar-refractivity contribution is -0.144. The van der Waals surface area contributed by atoms with Crippen LogP contribution in [0.15, 0.2) is 12.1 Å². The minimum atomic E-state index is -0.373. The molecule has 0 amide bonds. The van der Waals surface area contributed by atoms with Gasteiger partial charge in [0.15, 0.2) is 11.5 Å². The zero-order valence-corrected chi connectivity index (χ0v) is 13.8. The van der Waals surface area contributed by atoms with E-state index in [1.165, 1.54) is 14.2 Å². The third-order valence-corrected chi connectivity index (χ3v) is 3.42. The van der Waals surface area contributed by atoms with Gasteiger partial charge in [-0.1, -0.05) is 25.4 Å². The van der Waals surface area contributed by atoms with Gasteiger partial charge in [0, 0.05) is 6.54 Å². The van der Waals surface area contributed by atoms with Gasteiger partial charge in [-0.3, -0.25) is 4.79 Å². The van der Waals surface area contributed by atoms with Crippen molar-refractivity contribution in [2.75, 3.05) is 21.3 Å². The molecule has 0 saturated carbocycles. The molecule has 118 valence electrons. The van der Waals surface area contributed by atoms with E-state index in [4.69, 9.17) is 25.8 Å². The van der Waals surface area contributed by atoms with E-state index in [9.17, 15) is 4.79 Å². The fourth-order valence-electron chi connectivity index (χ4n) is 2.02. The average molecular weight is 316 g/mol. The summed E-state index contributed by atoms with van der Waals surface area (Å²) in [5, 5.41) is 3.64. The van der Waals surface area contributed by atoms with Crippen LogP contribution in [0, 0.1) is 5.92 Å². The Labute approximate surface area is 130 Å². The summed E-state index contributed by atoms with van der Waals surface area (Å²) in [6.45, 7) is 4.38. The molecule has 1 aromatic carbocycles. The predicted molar refractivity (Wildman–Crippen MR) is 82.0 cm³/mol. The molecule has 21 heavy (non-hydrogen) atoms. The van der Waals surface area contributed by atoms with Crippen molar-refractivity contribution in [1.82, 2.24) is 5.32 Å². The first kappa shape index (κ1) is 17.6. The lowest BCUT2D eigenvalue weighted by atomic mass is 10.0. The summed E-state index contributed by atoms with van der Waals surface area (Å²) in [7, 11) is 4.47. The van der Waals surface area contributed by atoms with E-state index in [0.29, 0.717) is 23.1 Å². The zero-order valence-electron chi connectivity index (χ0n) is 13.0. The standard InChI is InChI=1S/C15H22ClNO4/c1-9(2)13(15(18)21-5)17-8-10-6-11(16)14(20-4)12(7-10)19-3/h6-7,9,13,17H,8H2,1-5H3. The van der Waals surface area contributed by atoms with E-state index in [-0.39, 0.29) is 17.9 Å². The zero-order chi connectivity index (χ0) is 16.0. The van der Waals surface area contributed by atoms with Crippen molar-refractivity contribution < 1.29 is 19.0 Å². The molecule has 0 heterocycles. The second kappa shape index (κ2) is 8.10. The number of hydrogen-bond donors (Lipinski definition) is 1. The van der Waals surface area contributed by atoms with Crippen LogP contribution in [0.25, 0.3) is 0 Å². The highest BCUT2D eigenvalue weighted by Gasteiger charge is 2.22. The molecule has 0 saturated heterocycles. The van der Waals surface area contributed by atoms with Crippen LogP contribution < -0.4 is 14.8 Å². The first-order valence-electron chi connectivity index (χ1n) is 6.66. The molecule has 5 nitrogen and oxygen atoms in total. The largest absolute Gasteiger partial charge is 0.493 e. The number of carbonyl (C=O) groups is 1. The molecule has 1 N–H and O–H groups in total. The lowest BCUT2D eigenvalue weighted by Crippen LogP contribution is -2.41. The van der Waals surface area contributed by atoms with E-state index in [1.54, 1.807) is 13.2 Å². The quantitative estimate of drug-likeness (QED) is 0.784. The van der Waals surface area contributed by atoms with E-state index >= 15 is 0 Å². The number of carbonyl (C=O) groups excluding carboxylic acids is 1. The Morgan fingerprint density at radius 1 is 1.24 bits per heavy atom. The molecule has 0 fully saturated rings. The van der Waals surface area contributed by atoms with Crippen molar-refractivity contribution in [3.05, 3.63) is 22.7 Å². The maximum absolute atomic E-state index is 11.7. The maximum Gasteiger partial charge on any atom is 0.323 e. The van der Waals surface area contributed by atoms with E-state index < -0.39 is 0 Å². The van der Waals surface area contributed by atoms with Gasteiger partial charge >= 0.3 is 5.97 Å². The summed E-state index contributed by atoms with van der Waals surface area (Å²) in [6.07, 6.45) is 0. The second-order valence-corrected chi connectivity index (χ2v) is 5.35. The number of hydrogen-bond acceptors (Lipinski definition) is 5. The first-order chi connectivity index (χ1) is 9.94. The topological polar surface area (TPSA) is 56.8 Å². The van der Waals surface area contributed by atoms with E-state index in [0.717, 1.165) is 5.56 Å². The van der Waals surface area contributed by atoms with Gasteiger partial charge in [0.2, 0.25) is 0 Å². The van der Waals surface area contributed by atoms with Crippen LogP contribution >= 0.6 is 11.6 Å². The molecule has 1 aromatic rings. The molecule has 0 aliphatic heterocycles. The van der Waals surface area contributed by atoms with Crippen molar-refractivity contribution in [3.8, 4) is 11.5 Å². The van der Waals surface area contributed by atoms with Crippen LogP contribution in [-0.4, -0.2) is 33.3 Å². The second-order valence-electron chi connectivity index (χ2n) is 4.94. The van der Waals surface area contributed by atoms with Gasteiger partial charge in [-0.25, -0.2) is 0 Å². The molecule has 0 aliphatic rings. The van der Waals surface area contributed by atoms with Crippen LogP contribution in [0.2, 0.25) is 5.02 Å². The Bertz CT molecular complexity index is 491. The summed E-state index contributed by atoms with van der Waals surface area (Å²) in [4.78, 5) is 11.7. The number of ether oxygens (including phenoxy) is 3. The number of esters is 1. The highest BCUT2D eigenvalue weighted by molar-refractivity contribution is 6.32. The summed E-state index contributed by atoms with van der Waals surface area (Å²) in [5.41, 5.74) is 0.896. The number of benzene rings is 1. The van der Waals surface area contributed by atoms with Crippen LogP contribution in [0.5, 0.6) is 11.5 Å². The molecule has 0 radical (unpaired) electrons. The van der Waals surface area contributed by atoms with Crippen LogP contribution in [0.3, 0.4) is 0 Å². The SMILES string of the molecule is COC(=O)C(NCc1cc(Cl)c(OC)c(OC)c1)C(C)C. The van der Waals surface area contributed by atoms with Crippen LogP contribution in [0.1, 0.15) is 19.4 Å². The summed E-state index contributed by atoms with van der Waals surface area (Å²) in [5.74, 6) is 0.891. The molecule has 0 aliphatic carbocycles. The fraction of sp³-hybridized carbons (Fsp3) is 0.533.